The van der Waals surface area contributed by atoms with Gasteiger partial charge in [0.05, 0.1) is 0 Å². The van der Waals surface area contributed by atoms with Gasteiger partial charge in [0.2, 0.25) is 17.7 Å². The molecule has 0 saturated heterocycles. The predicted molar refractivity (Wildman–Crippen MR) is 104 cm³/mol. The average Bonchev–Trinajstić information content (AvgIpc) is 3.30. The van der Waals surface area contributed by atoms with Crippen molar-refractivity contribution >= 4 is 17.2 Å². The second-order valence-corrected chi connectivity index (χ2v) is 9.86. The van der Waals surface area contributed by atoms with Crippen LogP contribution in [0.2, 0.25) is 0 Å². The first-order valence-corrected chi connectivity index (χ1v) is 11.2. The molecule has 144 valence electrons. The van der Waals surface area contributed by atoms with Gasteiger partial charge in [-0.3, -0.25) is 4.79 Å². The topological polar surface area (TPSA) is 68.0 Å². The molecule has 2 heterocycles. The monoisotopic (exact) mass is 385 g/mol. The van der Waals surface area contributed by atoms with Gasteiger partial charge in [0.25, 0.3) is 0 Å². The van der Waals surface area contributed by atoms with Crippen LogP contribution >= 0.6 is 11.3 Å². The van der Waals surface area contributed by atoms with Crippen molar-refractivity contribution in [2.75, 3.05) is 0 Å². The second-order valence-electron chi connectivity index (χ2n) is 9.08. The zero-order chi connectivity index (χ0) is 18.4. The smallest absolute Gasteiger partial charge is 0.248 e. The molecule has 6 rings (SSSR count). The number of aryl methyl sites for hydroxylation is 1. The molecule has 4 aliphatic rings. The van der Waals surface area contributed by atoms with Crippen LogP contribution in [0.4, 0.5) is 0 Å². The maximum atomic E-state index is 12.6. The van der Waals surface area contributed by atoms with Crippen molar-refractivity contribution in [2.45, 2.75) is 64.3 Å². The molecule has 4 bridgehead atoms. The molecule has 4 saturated carbocycles. The third-order valence-electron chi connectivity index (χ3n) is 7.18. The van der Waals surface area contributed by atoms with E-state index in [4.69, 9.17) is 4.42 Å². The van der Waals surface area contributed by atoms with Crippen molar-refractivity contribution in [2.24, 2.45) is 23.2 Å². The minimum Gasteiger partial charge on any atom is -0.421 e. The SMILES string of the molecule is CC(NC(=O)CCc1nnc(-c2ccsc2)o1)C12CC3CC(CC(C3)C1)C2. The molecule has 27 heavy (non-hydrogen) atoms. The van der Waals surface area contributed by atoms with E-state index in [2.05, 4.69) is 22.4 Å². The maximum absolute atomic E-state index is 12.6. The molecule has 2 aromatic heterocycles. The lowest BCUT2D eigenvalue weighted by Gasteiger charge is -2.59. The van der Waals surface area contributed by atoms with E-state index in [1.165, 1.54) is 38.5 Å². The Morgan fingerprint density at radius 2 is 1.96 bits per heavy atom. The molecule has 5 nitrogen and oxygen atoms in total. The summed E-state index contributed by atoms with van der Waals surface area (Å²) in [6, 6.07) is 2.23. The molecule has 4 aliphatic carbocycles. The van der Waals surface area contributed by atoms with Crippen molar-refractivity contribution in [3.63, 3.8) is 0 Å². The lowest BCUT2D eigenvalue weighted by atomic mass is 9.48. The Labute approximate surface area is 163 Å². The highest BCUT2D eigenvalue weighted by molar-refractivity contribution is 7.08. The highest BCUT2D eigenvalue weighted by Crippen LogP contribution is 2.61. The van der Waals surface area contributed by atoms with E-state index in [-0.39, 0.29) is 11.9 Å². The minimum atomic E-state index is 0.105. The Morgan fingerprint density at radius 1 is 1.26 bits per heavy atom. The Bertz CT molecular complexity index is 778. The molecule has 0 aromatic carbocycles. The molecule has 1 atom stereocenters. The maximum Gasteiger partial charge on any atom is 0.248 e. The summed E-state index contributed by atoms with van der Waals surface area (Å²) in [5.41, 5.74) is 1.29. The van der Waals surface area contributed by atoms with Crippen molar-refractivity contribution in [1.29, 1.82) is 0 Å². The molecule has 1 amide bonds. The van der Waals surface area contributed by atoms with E-state index in [1.807, 2.05) is 16.8 Å². The van der Waals surface area contributed by atoms with E-state index in [0.717, 1.165) is 23.3 Å². The van der Waals surface area contributed by atoms with E-state index < -0.39 is 0 Å². The minimum absolute atomic E-state index is 0.105. The van der Waals surface area contributed by atoms with Crippen LogP contribution in [0.1, 0.15) is 57.8 Å². The summed E-state index contributed by atoms with van der Waals surface area (Å²) in [6.07, 6.45) is 9.14. The summed E-state index contributed by atoms with van der Waals surface area (Å²) in [7, 11) is 0. The Morgan fingerprint density at radius 3 is 2.59 bits per heavy atom. The second kappa shape index (κ2) is 6.73. The van der Waals surface area contributed by atoms with Gasteiger partial charge in [0.1, 0.15) is 0 Å². The summed E-state index contributed by atoms with van der Waals surface area (Å²) in [4.78, 5) is 12.6. The fourth-order valence-electron chi connectivity index (χ4n) is 6.25. The summed E-state index contributed by atoms with van der Waals surface area (Å²) in [6.45, 7) is 2.23. The van der Waals surface area contributed by atoms with Gasteiger partial charge < -0.3 is 9.73 Å². The first-order chi connectivity index (χ1) is 13.1. The van der Waals surface area contributed by atoms with Crippen LogP contribution in [0.15, 0.2) is 21.2 Å². The number of carbonyl (C=O) groups excluding carboxylic acids is 1. The summed E-state index contributed by atoms with van der Waals surface area (Å²) < 4.78 is 5.69. The van der Waals surface area contributed by atoms with Gasteiger partial charge in [-0.1, -0.05) is 0 Å². The van der Waals surface area contributed by atoms with E-state index in [0.29, 0.717) is 30.0 Å². The lowest BCUT2D eigenvalue weighted by Crippen LogP contribution is -2.55. The molecule has 2 aromatic rings. The van der Waals surface area contributed by atoms with Crippen LogP contribution in [0.5, 0.6) is 0 Å². The van der Waals surface area contributed by atoms with Crippen LogP contribution < -0.4 is 5.32 Å². The van der Waals surface area contributed by atoms with Crippen LogP contribution in [0.3, 0.4) is 0 Å². The number of hydrogen-bond acceptors (Lipinski definition) is 5. The van der Waals surface area contributed by atoms with Gasteiger partial charge in [-0.2, -0.15) is 11.3 Å². The van der Waals surface area contributed by atoms with Crippen molar-refractivity contribution < 1.29 is 9.21 Å². The number of hydrogen-bond donors (Lipinski definition) is 1. The van der Waals surface area contributed by atoms with Crippen molar-refractivity contribution in [1.82, 2.24) is 15.5 Å². The largest absolute Gasteiger partial charge is 0.421 e. The standard InChI is InChI=1S/C21H27N3O2S/c1-13(21-9-14-6-15(10-21)8-16(7-14)11-21)22-18(25)2-3-19-23-24-20(26-19)17-4-5-27-12-17/h4-5,12-16H,2-3,6-11H2,1H3,(H,22,25). The van der Waals surface area contributed by atoms with E-state index in [1.54, 1.807) is 11.3 Å². The third kappa shape index (κ3) is 3.33. The number of nitrogens with zero attached hydrogens (tertiary/aromatic N) is 2. The highest BCUT2D eigenvalue weighted by Gasteiger charge is 2.53. The Balaban J connectivity index is 1.17. The van der Waals surface area contributed by atoms with Gasteiger partial charge in [0.15, 0.2) is 0 Å². The number of rotatable bonds is 6. The van der Waals surface area contributed by atoms with Gasteiger partial charge in [-0.15, -0.1) is 10.2 Å². The molecule has 4 fully saturated rings. The quantitative estimate of drug-likeness (QED) is 0.797. The van der Waals surface area contributed by atoms with Crippen LogP contribution in [-0.4, -0.2) is 22.1 Å². The zero-order valence-corrected chi connectivity index (χ0v) is 16.6. The Kier molecular flexibility index (Phi) is 4.34. The highest BCUT2D eigenvalue weighted by atomic mass is 32.1. The number of thiophene rings is 1. The van der Waals surface area contributed by atoms with E-state index in [9.17, 15) is 4.79 Å². The predicted octanol–water partition coefficient (Wildman–Crippen LogP) is 4.45. The number of amides is 1. The summed E-state index contributed by atoms with van der Waals surface area (Å²) in [5, 5.41) is 15.5. The van der Waals surface area contributed by atoms with Gasteiger partial charge in [-0.05, 0) is 80.1 Å². The first kappa shape index (κ1) is 17.4. The molecule has 0 radical (unpaired) electrons. The zero-order valence-electron chi connectivity index (χ0n) is 15.8. The van der Waals surface area contributed by atoms with Gasteiger partial charge in [0, 0.05) is 29.8 Å². The molecular weight excluding hydrogens is 358 g/mol. The van der Waals surface area contributed by atoms with Crippen molar-refractivity contribution in [3.8, 4) is 11.5 Å². The third-order valence-corrected chi connectivity index (χ3v) is 7.87. The summed E-state index contributed by atoms with van der Waals surface area (Å²) >= 11 is 1.60. The lowest BCUT2D eigenvalue weighted by molar-refractivity contribution is -0.125. The average molecular weight is 386 g/mol. The van der Waals surface area contributed by atoms with Gasteiger partial charge >= 0.3 is 0 Å². The van der Waals surface area contributed by atoms with Crippen LogP contribution in [0.25, 0.3) is 11.5 Å². The molecule has 1 N–H and O–H groups in total. The molecule has 1 unspecified atom stereocenters. The normalized spacial score (nSPS) is 32.6. The molecule has 0 aliphatic heterocycles. The van der Waals surface area contributed by atoms with Crippen LogP contribution in [-0.2, 0) is 11.2 Å². The number of carbonyl (C=O) groups is 1. The Hall–Kier alpha value is -1.69. The van der Waals surface area contributed by atoms with Crippen molar-refractivity contribution in [3.05, 3.63) is 22.7 Å². The number of nitrogens with one attached hydrogen (secondary N) is 1. The van der Waals surface area contributed by atoms with E-state index >= 15 is 0 Å². The van der Waals surface area contributed by atoms with Gasteiger partial charge in [-0.25, -0.2) is 0 Å². The summed E-state index contributed by atoms with van der Waals surface area (Å²) in [5.74, 6) is 3.90. The molecular formula is C21H27N3O2S. The first-order valence-electron chi connectivity index (χ1n) is 10.2. The fourth-order valence-corrected chi connectivity index (χ4v) is 6.88. The number of aromatic nitrogens is 2. The fraction of sp³-hybridized carbons (Fsp3) is 0.667. The molecule has 6 heteroatoms. The van der Waals surface area contributed by atoms with Crippen LogP contribution in [0, 0.1) is 23.2 Å². The molecule has 0 spiro atoms.